The Labute approximate surface area is 130 Å². The van der Waals surface area contributed by atoms with Crippen LogP contribution < -0.4 is 14.8 Å². The Balaban J connectivity index is 1.49. The second kappa shape index (κ2) is 6.98. The van der Waals surface area contributed by atoms with Crippen LogP contribution in [-0.4, -0.2) is 62.9 Å². The molecule has 6 nitrogen and oxygen atoms in total. The average Bonchev–Trinajstić information content (AvgIpc) is 2.55. The number of rotatable bonds is 4. The SMILES string of the molecule is CN(CC1COc2ccccc2O1)C(=O)CC1CNCCO1. The summed E-state index contributed by atoms with van der Waals surface area (Å²) in [5.74, 6) is 1.56. The van der Waals surface area contributed by atoms with Crippen LogP contribution in [0.1, 0.15) is 6.42 Å². The summed E-state index contributed by atoms with van der Waals surface area (Å²) in [6.45, 7) is 3.21. The lowest BCUT2D eigenvalue weighted by Gasteiger charge is -2.30. The molecule has 0 spiro atoms. The zero-order valence-corrected chi connectivity index (χ0v) is 12.8. The van der Waals surface area contributed by atoms with Crippen LogP contribution in [0.15, 0.2) is 24.3 Å². The molecule has 6 heteroatoms. The molecule has 1 amide bonds. The van der Waals surface area contributed by atoms with E-state index in [0.29, 0.717) is 26.2 Å². The molecule has 0 aromatic heterocycles. The quantitative estimate of drug-likeness (QED) is 0.886. The number of likely N-dealkylation sites (N-methyl/N-ethyl adjacent to an activating group) is 1. The smallest absolute Gasteiger partial charge is 0.225 e. The Hall–Kier alpha value is -1.79. The third-order valence-electron chi connectivity index (χ3n) is 3.88. The first-order chi connectivity index (χ1) is 10.7. The number of nitrogens with one attached hydrogen (secondary N) is 1. The van der Waals surface area contributed by atoms with Crippen LogP contribution in [0.2, 0.25) is 0 Å². The Morgan fingerprint density at radius 3 is 2.91 bits per heavy atom. The second-order valence-corrected chi connectivity index (χ2v) is 5.67. The number of ether oxygens (including phenoxy) is 3. The van der Waals surface area contributed by atoms with E-state index < -0.39 is 0 Å². The molecule has 3 rings (SSSR count). The molecule has 22 heavy (non-hydrogen) atoms. The lowest BCUT2D eigenvalue weighted by molar-refractivity contribution is -0.134. The van der Waals surface area contributed by atoms with E-state index in [2.05, 4.69) is 5.32 Å². The Morgan fingerprint density at radius 1 is 1.32 bits per heavy atom. The largest absolute Gasteiger partial charge is 0.486 e. The first-order valence-electron chi connectivity index (χ1n) is 7.67. The van der Waals surface area contributed by atoms with E-state index in [4.69, 9.17) is 14.2 Å². The summed E-state index contributed by atoms with van der Waals surface area (Å²) < 4.78 is 17.1. The van der Waals surface area contributed by atoms with Crippen molar-refractivity contribution in [3.63, 3.8) is 0 Å². The Kier molecular flexibility index (Phi) is 4.80. The van der Waals surface area contributed by atoms with Gasteiger partial charge in [-0.25, -0.2) is 0 Å². The number of fused-ring (bicyclic) bond motifs is 1. The van der Waals surface area contributed by atoms with Gasteiger partial charge in [0.05, 0.1) is 25.7 Å². The van der Waals surface area contributed by atoms with Gasteiger partial charge >= 0.3 is 0 Å². The van der Waals surface area contributed by atoms with Crippen LogP contribution in [-0.2, 0) is 9.53 Å². The third kappa shape index (κ3) is 3.69. The van der Waals surface area contributed by atoms with Gasteiger partial charge in [0, 0.05) is 20.1 Å². The number of amides is 1. The number of para-hydroxylation sites is 2. The fraction of sp³-hybridized carbons (Fsp3) is 0.562. The highest BCUT2D eigenvalue weighted by atomic mass is 16.6. The molecule has 2 atom stereocenters. The third-order valence-corrected chi connectivity index (χ3v) is 3.88. The highest BCUT2D eigenvalue weighted by Crippen LogP contribution is 2.30. The summed E-state index contributed by atoms with van der Waals surface area (Å²) in [5.41, 5.74) is 0. The summed E-state index contributed by atoms with van der Waals surface area (Å²) in [7, 11) is 1.79. The maximum atomic E-state index is 12.3. The molecule has 0 aliphatic carbocycles. The molecular formula is C16H22N2O4. The number of carbonyl (C=O) groups excluding carboxylic acids is 1. The minimum Gasteiger partial charge on any atom is -0.486 e. The fourth-order valence-corrected chi connectivity index (χ4v) is 2.66. The summed E-state index contributed by atoms with van der Waals surface area (Å²) in [6, 6.07) is 7.59. The summed E-state index contributed by atoms with van der Waals surface area (Å²) in [4.78, 5) is 13.9. The van der Waals surface area contributed by atoms with Gasteiger partial charge in [-0.3, -0.25) is 4.79 Å². The van der Waals surface area contributed by atoms with E-state index in [1.807, 2.05) is 24.3 Å². The highest BCUT2D eigenvalue weighted by Gasteiger charge is 2.25. The molecule has 2 aliphatic rings. The average molecular weight is 306 g/mol. The fourth-order valence-electron chi connectivity index (χ4n) is 2.66. The number of nitrogens with zero attached hydrogens (tertiary/aromatic N) is 1. The monoisotopic (exact) mass is 306 g/mol. The topological polar surface area (TPSA) is 60.0 Å². The minimum absolute atomic E-state index is 0.0343. The predicted octanol–water partition coefficient (Wildman–Crippen LogP) is 0.663. The number of morpholine rings is 1. The molecule has 0 saturated carbocycles. The van der Waals surface area contributed by atoms with E-state index in [9.17, 15) is 4.79 Å². The molecule has 2 unspecified atom stereocenters. The van der Waals surface area contributed by atoms with Crippen LogP contribution in [0.25, 0.3) is 0 Å². The lowest BCUT2D eigenvalue weighted by Crippen LogP contribution is -2.45. The normalized spacial score (nSPS) is 23.9. The van der Waals surface area contributed by atoms with Crippen molar-refractivity contribution in [2.45, 2.75) is 18.6 Å². The lowest BCUT2D eigenvalue weighted by atomic mass is 10.2. The van der Waals surface area contributed by atoms with Crippen molar-refractivity contribution in [1.82, 2.24) is 10.2 Å². The Morgan fingerprint density at radius 2 is 2.14 bits per heavy atom. The maximum absolute atomic E-state index is 12.3. The van der Waals surface area contributed by atoms with Crippen molar-refractivity contribution in [3.05, 3.63) is 24.3 Å². The second-order valence-electron chi connectivity index (χ2n) is 5.67. The standard InChI is InChI=1S/C16H22N2O4/c1-18(16(19)8-12-9-17-6-7-20-12)10-13-11-21-14-4-2-3-5-15(14)22-13/h2-5,12-13,17H,6-11H2,1H3. The number of hydrogen-bond acceptors (Lipinski definition) is 5. The van der Waals surface area contributed by atoms with Crippen molar-refractivity contribution in [1.29, 1.82) is 0 Å². The van der Waals surface area contributed by atoms with E-state index in [1.165, 1.54) is 0 Å². The minimum atomic E-state index is -0.144. The van der Waals surface area contributed by atoms with Gasteiger partial charge in [-0.15, -0.1) is 0 Å². The molecule has 1 N–H and O–H groups in total. The van der Waals surface area contributed by atoms with E-state index in [0.717, 1.165) is 24.6 Å². The van der Waals surface area contributed by atoms with Gasteiger partial charge < -0.3 is 24.4 Å². The predicted molar refractivity (Wildman–Crippen MR) is 81.2 cm³/mol. The molecule has 1 aromatic rings. The van der Waals surface area contributed by atoms with Crippen LogP contribution in [0.4, 0.5) is 0 Å². The number of hydrogen-bond donors (Lipinski definition) is 1. The van der Waals surface area contributed by atoms with E-state index in [-0.39, 0.29) is 18.1 Å². The maximum Gasteiger partial charge on any atom is 0.225 e. The first kappa shape index (κ1) is 15.1. The summed E-state index contributed by atoms with van der Waals surface area (Å²) >= 11 is 0. The van der Waals surface area contributed by atoms with Crippen molar-refractivity contribution in [2.75, 3.05) is 39.9 Å². The van der Waals surface area contributed by atoms with Gasteiger partial charge in [0.15, 0.2) is 17.6 Å². The van der Waals surface area contributed by atoms with Crippen molar-refractivity contribution in [2.24, 2.45) is 0 Å². The van der Waals surface area contributed by atoms with E-state index >= 15 is 0 Å². The number of carbonyl (C=O) groups is 1. The zero-order chi connectivity index (χ0) is 15.4. The Bertz CT molecular complexity index is 517. The molecule has 1 saturated heterocycles. The van der Waals surface area contributed by atoms with Gasteiger partial charge in [0.2, 0.25) is 5.91 Å². The van der Waals surface area contributed by atoms with Crippen LogP contribution in [0.3, 0.4) is 0 Å². The zero-order valence-electron chi connectivity index (χ0n) is 12.8. The van der Waals surface area contributed by atoms with E-state index in [1.54, 1.807) is 11.9 Å². The van der Waals surface area contributed by atoms with Crippen molar-refractivity contribution < 1.29 is 19.0 Å². The molecule has 1 fully saturated rings. The first-order valence-corrected chi connectivity index (χ1v) is 7.67. The molecule has 0 radical (unpaired) electrons. The highest BCUT2D eigenvalue weighted by molar-refractivity contribution is 5.76. The van der Waals surface area contributed by atoms with Crippen LogP contribution in [0, 0.1) is 0 Å². The molecule has 0 bridgehead atoms. The summed E-state index contributed by atoms with van der Waals surface area (Å²) in [5, 5.41) is 3.23. The molecule has 1 aromatic carbocycles. The molecule has 2 heterocycles. The van der Waals surface area contributed by atoms with Gasteiger partial charge in [0.25, 0.3) is 0 Å². The van der Waals surface area contributed by atoms with Gasteiger partial charge in [-0.1, -0.05) is 12.1 Å². The number of benzene rings is 1. The molecular weight excluding hydrogens is 284 g/mol. The van der Waals surface area contributed by atoms with Gasteiger partial charge in [-0.05, 0) is 12.1 Å². The van der Waals surface area contributed by atoms with Gasteiger partial charge in [0.1, 0.15) is 6.61 Å². The summed E-state index contributed by atoms with van der Waals surface area (Å²) in [6.07, 6.45) is 0.218. The molecule has 2 aliphatic heterocycles. The van der Waals surface area contributed by atoms with Crippen LogP contribution >= 0.6 is 0 Å². The van der Waals surface area contributed by atoms with Gasteiger partial charge in [-0.2, -0.15) is 0 Å². The van der Waals surface area contributed by atoms with Crippen molar-refractivity contribution in [3.8, 4) is 11.5 Å². The van der Waals surface area contributed by atoms with Crippen LogP contribution in [0.5, 0.6) is 11.5 Å². The molecule has 120 valence electrons. The van der Waals surface area contributed by atoms with Crippen molar-refractivity contribution >= 4 is 5.91 Å².